The van der Waals surface area contributed by atoms with Crippen LogP contribution in [-0.4, -0.2) is 6.67 Å². The molecule has 1 heteroatoms. The Labute approximate surface area is 48.7 Å². The van der Waals surface area contributed by atoms with E-state index in [0.717, 1.165) is 6.42 Å². The average Bonchev–Trinajstić information content (AvgIpc) is 1.90. The van der Waals surface area contributed by atoms with Crippen LogP contribution in [0.2, 0.25) is 0 Å². The van der Waals surface area contributed by atoms with Crippen LogP contribution >= 0.6 is 0 Å². The number of hydrogen-bond acceptors (Lipinski definition) is 0. The van der Waals surface area contributed by atoms with E-state index >= 15 is 0 Å². The molecule has 0 atom stereocenters. The third-order valence-corrected chi connectivity index (χ3v) is 1.22. The molecule has 0 heterocycles. The molecule has 0 bridgehead atoms. The fraction of sp³-hybridized carbons (Fsp3) is 0.429. The Balaban J connectivity index is 2.42. The molecule has 0 aromatic rings. The van der Waals surface area contributed by atoms with Gasteiger partial charge in [-0.3, -0.25) is 4.39 Å². The van der Waals surface area contributed by atoms with Gasteiger partial charge in [0.1, 0.15) is 0 Å². The minimum Gasteiger partial charge on any atom is -0.250 e. The molecule has 0 saturated carbocycles. The van der Waals surface area contributed by atoms with Crippen molar-refractivity contribution in [3.63, 3.8) is 0 Å². The highest BCUT2D eigenvalue weighted by atomic mass is 19.1. The second kappa shape index (κ2) is 2.65. The van der Waals surface area contributed by atoms with Gasteiger partial charge in [-0.15, -0.1) is 0 Å². The van der Waals surface area contributed by atoms with E-state index in [1.54, 1.807) is 0 Å². The van der Waals surface area contributed by atoms with Crippen LogP contribution in [0.4, 0.5) is 4.39 Å². The van der Waals surface area contributed by atoms with Gasteiger partial charge in [-0.1, -0.05) is 24.3 Å². The van der Waals surface area contributed by atoms with Crippen LogP contribution in [0.5, 0.6) is 0 Å². The first-order valence-corrected chi connectivity index (χ1v) is 2.83. The SMILES string of the molecule is FCC1C=CCC=C1. The molecule has 0 unspecified atom stereocenters. The lowest BCUT2D eigenvalue weighted by atomic mass is 10.1. The zero-order valence-electron chi connectivity index (χ0n) is 4.68. The molecule has 0 N–H and O–H groups in total. The summed E-state index contributed by atoms with van der Waals surface area (Å²) in [6.07, 6.45) is 8.75. The molecule has 8 heavy (non-hydrogen) atoms. The maximum absolute atomic E-state index is 11.8. The standard InChI is InChI=1S/C7H9F/c8-6-7-4-2-1-3-5-7/h2-5,7H,1,6H2. The van der Waals surface area contributed by atoms with Gasteiger partial charge in [0, 0.05) is 5.92 Å². The maximum atomic E-state index is 11.8. The topological polar surface area (TPSA) is 0 Å². The summed E-state index contributed by atoms with van der Waals surface area (Å²) in [6.45, 7) is -0.257. The molecular formula is C7H9F. The van der Waals surface area contributed by atoms with Gasteiger partial charge < -0.3 is 0 Å². The van der Waals surface area contributed by atoms with Gasteiger partial charge in [-0.2, -0.15) is 0 Å². The molecule has 1 rings (SSSR count). The van der Waals surface area contributed by atoms with Crippen LogP contribution in [0.1, 0.15) is 6.42 Å². The number of alkyl halides is 1. The highest BCUT2D eigenvalue weighted by Gasteiger charge is 1.98. The molecule has 0 fully saturated rings. The Morgan fingerprint density at radius 3 is 2.38 bits per heavy atom. The minimum absolute atomic E-state index is 0.0590. The lowest BCUT2D eigenvalue weighted by Gasteiger charge is -2.02. The van der Waals surface area contributed by atoms with Gasteiger partial charge in [0.15, 0.2) is 0 Å². The fourth-order valence-electron chi connectivity index (χ4n) is 0.752. The maximum Gasteiger partial charge on any atom is 0.0991 e. The molecule has 0 radical (unpaired) electrons. The van der Waals surface area contributed by atoms with Gasteiger partial charge in [0.05, 0.1) is 6.67 Å². The Hall–Kier alpha value is -0.590. The zero-order chi connectivity index (χ0) is 5.82. The predicted octanol–water partition coefficient (Wildman–Crippen LogP) is 2.09. The van der Waals surface area contributed by atoms with Crippen LogP contribution in [0, 0.1) is 5.92 Å². The molecule has 0 spiro atoms. The van der Waals surface area contributed by atoms with Crippen molar-refractivity contribution in [3.8, 4) is 0 Å². The number of hydrogen-bond donors (Lipinski definition) is 0. The second-order valence-corrected chi connectivity index (χ2v) is 1.91. The van der Waals surface area contributed by atoms with Crippen molar-refractivity contribution in [3.05, 3.63) is 24.3 Å². The number of halogens is 1. The van der Waals surface area contributed by atoms with E-state index in [-0.39, 0.29) is 12.6 Å². The van der Waals surface area contributed by atoms with Crippen LogP contribution in [-0.2, 0) is 0 Å². The molecule has 0 aromatic heterocycles. The summed E-state index contributed by atoms with van der Waals surface area (Å²) in [6, 6.07) is 0. The summed E-state index contributed by atoms with van der Waals surface area (Å²) < 4.78 is 11.8. The second-order valence-electron chi connectivity index (χ2n) is 1.91. The molecule has 0 aliphatic heterocycles. The molecule has 1 aliphatic carbocycles. The Morgan fingerprint density at radius 2 is 2.00 bits per heavy atom. The third-order valence-electron chi connectivity index (χ3n) is 1.22. The molecule has 0 amide bonds. The first kappa shape index (κ1) is 5.54. The molecule has 44 valence electrons. The van der Waals surface area contributed by atoms with E-state index in [1.807, 2.05) is 24.3 Å². The lowest BCUT2D eigenvalue weighted by Crippen LogP contribution is -1.95. The van der Waals surface area contributed by atoms with Gasteiger partial charge in [-0.05, 0) is 6.42 Å². The van der Waals surface area contributed by atoms with Gasteiger partial charge >= 0.3 is 0 Å². The van der Waals surface area contributed by atoms with Crippen LogP contribution in [0.3, 0.4) is 0 Å². The molecule has 1 aliphatic rings. The fourth-order valence-corrected chi connectivity index (χ4v) is 0.752. The summed E-state index contributed by atoms with van der Waals surface area (Å²) in [5.74, 6) is 0.0590. The monoisotopic (exact) mass is 112 g/mol. The van der Waals surface area contributed by atoms with Crippen LogP contribution < -0.4 is 0 Å². The van der Waals surface area contributed by atoms with E-state index in [1.165, 1.54) is 0 Å². The normalized spacial score (nSPS) is 19.6. The minimum atomic E-state index is -0.257. The van der Waals surface area contributed by atoms with E-state index in [2.05, 4.69) is 0 Å². The Bertz CT molecular complexity index is 102. The van der Waals surface area contributed by atoms with Crippen molar-refractivity contribution < 1.29 is 4.39 Å². The zero-order valence-corrected chi connectivity index (χ0v) is 4.68. The highest BCUT2D eigenvalue weighted by molar-refractivity contribution is 5.08. The van der Waals surface area contributed by atoms with Crippen molar-refractivity contribution in [2.45, 2.75) is 6.42 Å². The summed E-state index contributed by atoms with van der Waals surface area (Å²) >= 11 is 0. The van der Waals surface area contributed by atoms with E-state index < -0.39 is 0 Å². The van der Waals surface area contributed by atoms with Crippen molar-refractivity contribution >= 4 is 0 Å². The summed E-state index contributed by atoms with van der Waals surface area (Å²) in [5.41, 5.74) is 0. The molecular weight excluding hydrogens is 103 g/mol. The first-order valence-electron chi connectivity index (χ1n) is 2.83. The summed E-state index contributed by atoms with van der Waals surface area (Å²) in [7, 11) is 0. The number of rotatable bonds is 1. The van der Waals surface area contributed by atoms with E-state index in [9.17, 15) is 4.39 Å². The molecule has 0 aromatic carbocycles. The van der Waals surface area contributed by atoms with Crippen molar-refractivity contribution in [1.82, 2.24) is 0 Å². The predicted molar refractivity (Wildman–Crippen MR) is 32.4 cm³/mol. The van der Waals surface area contributed by atoms with E-state index in [4.69, 9.17) is 0 Å². The highest BCUT2D eigenvalue weighted by Crippen LogP contribution is 2.08. The van der Waals surface area contributed by atoms with Crippen LogP contribution in [0.25, 0.3) is 0 Å². The first-order chi connectivity index (χ1) is 3.93. The van der Waals surface area contributed by atoms with Crippen molar-refractivity contribution in [2.24, 2.45) is 5.92 Å². The average molecular weight is 112 g/mol. The molecule has 0 saturated heterocycles. The van der Waals surface area contributed by atoms with E-state index in [0.29, 0.717) is 0 Å². The summed E-state index contributed by atoms with van der Waals surface area (Å²) in [4.78, 5) is 0. The quantitative estimate of drug-likeness (QED) is 0.455. The van der Waals surface area contributed by atoms with Gasteiger partial charge in [0.2, 0.25) is 0 Å². The Kier molecular flexibility index (Phi) is 1.84. The van der Waals surface area contributed by atoms with Crippen molar-refractivity contribution in [1.29, 1.82) is 0 Å². The van der Waals surface area contributed by atoms with Crippen molar-refractivity contribution in [2.75, 3.05) is 6.67 Å². The Morgan fingerprint density at radius 1 is 1.38 bits per heavy atom. The van der Waals surface area contributed by atoms with Crippen LogP contribution in [0.15, 0.2) is 24.3 Å². The third kappa shape index (κ3) is 1.19. The largest absolute Gasteiger partial charge is 0.250 e. The summed E-state index contributed by atoms with van der Waals surface area (Å²) in [5, 5.41) is 0. The lowest BCUT2D eigenvalue weighted by molar-refractivity contribution is 0.450. The smallest absolute Gasteiger partial charge is 0.0991 e. The molecule has 0 nitrogen and oxygen atoms in total. The van der Waals surface area contributed by atoms with Gasteiger partial charge in [-0.25, -0.2) is 0 Å². The van der Waals surface area contributed by atoms with Gasteiger partial charge in [0.25, 0.3) is 0 Å². The number of allylic oxidation sites excluding steroid dienone is 4.